The highest BCUT2D eigenvalue weighted by Crippen LogP contribution is 2.09. The van der Waals surface area contributed by atoms with Gasteiger partial charge in [-0.15, -0.1) is 0 Å². The Kier molecular flexibility index (Phi) is 4.93. The van der Waals surface area contributed by atoms with Gasteiger partial charge in [-0.2, -0.15) is 0 Å². The van der Waals surface area contributed by atoms with Crippen molar-refractivity contribution >= 4 is 5.91 Å². The van der Waals surface area contributed by atoms with E-state index in [9.17, 15) is 9.90 Å². The average molecular weight is 254 g/mol. The molecule has 5 nitrogen and oxygen atoms in total. The molecule has 0 aliphatic carbocycles. The van der Waals surface area contributed by atoms with E-state index in [1.165, 1.54) is 0 Å². The van der Waals surface area contributed by atoms with Crippen molar-refractivity contribution in [3.05, 3.63) is 23.7 Å². The van der Waals surface area contributed by atoms with Crippen LogP contribution in [0.25, 0.3) is 0 Å². The van der Waals surface area contributed by atoms with Gasteiger partial charge in [0.25, 0.3) is 5.91 Å². The molecule has 1 aromatic heterocycles. The van der Waals surface area contributed by atoms with Crippen molar-refractivity contribution in [3.63, 3.8) is 0 Å². The lowest BCUT2D eigenvalue weighted by molar-refractivity contribution is 0.0322. The van der Waals surface area contributed by atoms with E-state index in [-0.39, 0.29) is 18.2 Å². The molecule has 1 atom stereocenters. The number of amides is 1. The Morgan fingerprint density at radius 2 is 2.17 bits per heavy atom. The van der Waals surface area contributed by atoms with Crippen molar-refractivity contribution in [2.24, 2.45) is 0 Å². The molecule has 0 aliphatic rings. The Labute approximate surface area is 108 Å². The van der Waals surface area contributed by atoms with E-state index in [1.54, 1.807) is 19.1 Å². The summed E-state index contributed by atoms with van der Waals surface area (Å²) < 4.78 is 5.34. The van der Waals surface area contributed by atoms with E-state index >= 15 is 0 Å². The summed E-state index contributed by atoms with van der Waals surface area (Å²) in [7, 11) is 3.74. The number of carbonyl (C=O) groups is 1. The number of nitrogens with zero attached hydrogens (tertiary/aromatic N) is 1. The van der Waals surface area contributed by atoms with Gasteiger partial charge in [-0.1, -0.05) is 6.92 Å². The smallest absolute Gasteiger partial charge is 0.287 e. The minimum absolute atomic E-state index is 0.187. The maximum Gasteiger partial charge on any atom is 0.287 e. The fraction of sp³-hybridized carbons (Fsp3) is 0.615. The monoisotopic (exact) mass is 254 g/mol. The topological polar surface area (TPSA) is 65.7 Å². The lowest BCUT2D eigenvalue weighted by Crippen LogP contribution is -2.47. The molecule has 5 heteroatoms. The molecule has 102 valence electrons. The molecule has 1 rings (SSSR count). The van der Waals surface area contributed by atoms with Crippen molar-refractivity contribution < 1.29 is 14.3 Å². The molecular weight excluding hydrogens is 232 g/mol. The fourth-order valence-corrected chi connectivity index (χ4v) is 1.78. The quantitative estimate of drug-likeness (QED) is 0.791. The van der Waals surface area contributed by atoms with Gasteiger partial charge in [0.15, 0.2) is 5.76 Å². The molecule has 0 fully saturated rings. The average Bonchev–Trinajstić information content (AvgIpc) is 2.72. The SMILES string of the molecule is CCc1ccc(C(=O)NCC(C)(O)CN(C)C)o1. The summed E-state index contributed by atoms with van der Waals surface area (Å²) in [5.41, 5.74) is -0.959. The van der Waals surface area contributed by atoms with Crippen LogP contribution in [0.1, 0.15) is 30.2 Å². The van der Waals surface area contributed by atoms with Crippen LogP contribution < -0.4 is 5.32 Å². The third-order valence-corrected chi connectivity index (χ3v) is 2.52. The Hall–Kier alpha value is -1.33. The van der Waals surface area contributed by atoms with E-state index in [0.717, 1.165) is 12.2 Å². The van der Waals surface area contributed by atoms with Gasteiger partial charge in [0, 0.05) is 19.5 Å². The first kappa shape index (κ1) is 14.7. The summed E-state index contributed by atoms with van der Waals surface area (Å²) in [5.74, 6) is 0.765. The van der Waals surface area contributed by atoms with Crippen LogP contribution in [-0.4, -0.2) is 48.7 Å². The highest BCUT2D eigenvalue weighted by molar-refractivity contribution is 5.91. The van der Waals surface area contributed by atoms with Crippen molar-refractivity contribution in [1.29, 1.82) is 0 Å². The molecule has 18 heavy (non-hydrogen) atoms. The van der Waals surface area contributed by atoms with Gasteiger partial charge in [0.1, 0.15) is 5.76 Å². The van der Waals surface area contributed by atoms with Gasteiger partial charge in [-0.3, -0.25) is 4.79 Å². The fourth-order valence-electron chi connectivity index (χ4n) is 1.78. The molecule has 0 aliphatic heterocycles. The molecule has 0 radical (unpaired) electrons. The second-order valence-corrected chi connectivity index (χ2v) is 5.04. The summed E-state index contributed by atoms with van der Waals surface area (Å²) in [6.07, 6.45) is 0.756. The van der Waals surface area contributed by atoms with Crippen molar-refractivity contribution in [3.8, 4) is 0 Å². The van der Waals surface area contributed by atoms with E-state index < -0.39 is 5.60 Å². The third kappa shape index (κ3) is 4.50. The highest BCUT2D eigenvalue weighted by atomic mass is 16.3. The zero-order chi connectivity index (χ0) is 13.8. The number of hydrogen-bond donors (Lipinski definition) is 2. The van der Waals surface area contributed by atoms with Gasteiger partial charge >= 0.3 is 0 Å². The first-order valence-electron chi connectivity index (χ1n) is 6.08. The number of carbonyl (C=O) groups excluding carboxylic acids is 1. The predicted octanol–water partition coefficient (Wildman–Crippen LogP) is 0.884. The lowest BCUT2D eigenvalue weighted by atomic mass is 10.1. The third-order valence-electron chi connectivity index (χ3n) is 2.52. The van der Waals surface area contributed by atoms with Crippen LogP contribution >= 0.6 is 0 Å². The summed E-state index contributed by atoms with van der Waals surface area (Å²) >= 11 is 0. The molecule has 1 amide bonds. The van der Waals surface area contributed by atoms with E-state index in [0.29, 0.717) is 6.54 Å². The van der Waals surface area contributed by atoms with Crippen LogP contribution in [0.15, 0.2) is 16.5 Å². The van der Waals surface area contributed by atoms with Crippen LogP contribution in [0.4, 0.5) is 0 Å². The van der Waals surface area contributed by atoms with Gasteiger partial charge < -0.3 is 19.7 Å². The number of aryl methyl sites for hydroxylation is 1. The number of likely N-dealkylation sites (N-methyl/N-ethyl adjacent to an activating group) is 1. The maximum atomic E-state index is 11.8. The van der Waals surface area contributed by atoms with Crippen LogP contribution in [-0.2, 0) is 6.42 Å². The molecular formula is C13H22N2O3. The highest BCUT2D eigenvalue weighted by Gasteiger charge is 2.23. The van der Waals surface area contributed by atoms with E-state index in [4.69, 9.17) is 4.42 Å². The molecule has 1 unspecified atom stereocenters. The van der Waals surface area contributed by atoms with Crippen molar-refractivity contribution in [1.82, 2.24) is 10.2 Å². The number of rotatable bonds is 6. The Balaban J connectivity index is 2.50. The molecule has 2 N–H and O–H groups in total. The Bertz CT molecular complexity index is 397. The lowest BCUT2D eigenvalue weighted by Gasteiger charge is -2.26. The van der Waals surface area contributed by atoms with Gasteiger partial charge in [0.2, 0.25) is 0 Å². The summed E-state index contributed by atoms with van der Waals surface area (Å²) in [4.78, 5) is 13.6. The molecule has 0 aromatic carbocycles. The standard InChI is InChI=1S/C13H22N2O3/c1-5-10-6-7-11(18-10)12(16)14-8-13(2,17)9-15(3)4/h6-7,17H,5,8-9H2,1-4H3,(H,14,16). The van der Waals surface area contributed by atoms with Gasteiger partial charge in [-0.25, -0.2) is 0 Å². The summed E-state index contributed by atoms with van der Waals surface area (Å²) in [6, 6.07) is 3.43. The largest absolute Gasteiger partial charge is 0.456 e. The zero-order valence-corrected chi connectivity index (χ0v) is 11.5. The number of hydrogen-bond acceptors (Lipinski definition) is 4. The van der Waals surface area contributed by atoms with E-state index in [1.807, 2.05) is 25.9 Å². The molecule has 1 heterocycles. The van der Waals surface area contributed by atoms with Crippen molar-refractivity contribution in [2.45, 2.75) is 25.9 Å². The van der Waals surface area contributed by atoms with Gasteiger partial charge in [0.05, 0.1) is 5.60 Å². The number of aliphatic hydroxyl groups is 1. The Morgan fingerprint density at radius 3 is 2.67 bits per heavy atom. The van der Waals surface area contributed by atoms with Crippen LogP contribution in [0, 0.1) is 0 Å². The second kappa shape index (κ2) is 6.02. The molecule has 1 aromatic rings. The zero-order valence-electron chi connectivity index (χ0n) is 11.5. The molecule has 0 spiro atoms. The van der Waals surface area contributed by atoms with E-state index in [2.05, 4.69) is 5.32 Å². The van der Waals surface area contributed by atoms with Crippen LogP contribution in [0.5, 0.6) is 0 Å². The molecule has 0 saturated carbocycles. The van der Waals surface area contributed by atoms with Crippen LogP contribution in [0.3, 0.4) is 0 Å². The maximum absolute atomic E-state index is 11.8. The number of furan rings is 1. The summed E-state index contributed by atoms with van der Waals surface area (Å²) in [6.45, 7) is 4.31. The first-order chi connectivity index (χ1) is 8.34. The molecule has 0 bridgehead atoms. The predicted molar refractivity (Wildman–Crippen MR) is 69.6 cm³/mol. The second-order valence-electron chi connectivity index (χ2n) is 5.04. The first-order valence-corrected chi connectivity index (χ1v) is 6.08. The Morgan fingerprint density at radius 1 is 1.50 bits per heavy atom. The van der Waals surface area contributed by atoms with Crippen LogP contribution in [0.2, 0.25) is 0 Å². The summed E-state index contributed by atoms with van der Waals surface area (Å²) in [5, 5.41) is 12.7. The minimum atomic E-state index is -0.959. The normalized spacial score (nSPS) is 14.6. The number of nitrogens with one attached hydrogen (secondary N) is 1. The van der Waals surface area contributed by atoms with Crippen molar-refractivity contribution in [2.75, 3.05) is 27.2 Å². The molecule has 0 saturated heterocycles. The van der Waals surface area contributed by atoms with Gasteiger partial charge in [-0.05, 0) is 33.2 Å². The minimum Gasteiger partial charge on any atom is -0.456 e.